The second kappa shape index (κ2) is 3.00. The molecule has 1 aromatic heterocycles. The molecule has 4 heteroatoms. The van der Waals surface area contributed by atoms with Crippen LogP contribution in [0, 0.1) is 5.92 Å². The predicted octanol–water partition coefficient (Wildman–Crippen LogP) is 1.92. The van der Waals surface area contributed by atoms with E-state index in [9.17, 15) is 4.79 Å². The van der Waals surface area contributed by atoms with Gasteiger partial charge in [0.1, 0.15) is 0 Å². The third-order valence-corrected chi connectivity index (χ3v) is 2.63. The van der Waals surface area contributed by atoms with Gasteiger partial charge in [-0.3, -0.25) is 9.78 Å². The number of nitrogens with zero attached hydrogens (tertiary/aromatic N) is 1. The molecule has 3 nitrogen and oxygen atoms in total. The van der Waals surface area contributed by atoms with E-state index in [0.717, 1.165) is 5.56 Å². The highest BCUT2D eigenvalue weighted by Crippen LogP contribution is 2.49. The number of carboxylic acid groups (broad SMARTS) is 1. The number of halogens is 1. The van der Waals surface area contributed by atoms with Gasteiger partial charge in [-0.1, -0.05) is 11.6 Å². The van der Waals surface area contributed by atoms with Crippen LogP contribution in [0.5, 0.6) is 0 Å². The van der Waals surface area contributed by atoms with Crippen molar-refractivity contribution in [3.05, 3.63) is 29.0 Å². The fourth-order valence-corrected chi connectivity index (χ4v) is 1.76. The third kappa shape index (κ3) is 1.52. The molecule has 1 aliphatic rings. The zero-order valence-corrected chi connectivity index (χ0v) is 7.53. The van der Waals surface area contributed by atoms with Crippen molar-refractivity contribution < 1.29 is 9.90 Å². The summed E-state index contributed by atoms with van der Waals surface area (Å²) < 4.78 is 0. The Labute approximate surface area is 80.4 Å². The highest BCUT2D eigenvalue weighted by molar-refractivity contribution is 6.31. The lowest BCUT2D eigenvalue weighted by molar-refractivity contribution is -0.138. The second-order valence-electron chi connectivity index (χ2n) is 3.18. The molecule has 2 atom stereocenters. The molecule has 1 N–H and O–H groups in total. The average molecular weight is 198 g/mol. The molecular formula is C9H8ClNO2. The lowest BCUT2D eigenvalue weighted by Gasteiger charge is -1.99. The van der Waals surface area contributed by atoms with E-state index in [1.165, 1.54) is 0 Å². The van der Waals surface area contributed by atoms with Crippen LogP contribution in [0.25, 0.3) is 0 Å². The minimum atomic E-state index is -0.738. The van der Waals surface area contributed by atoms with E-state index in [1.807, 2.05) is 0 Å². The first-order valence-corrected chi connectivity index (χ1v) is 4.40. The zero-order valence-electron chi connectivity index (χ0n) is 6.77. The number of carbonyl (C=O) groups is 1. The van der Waals surface area contributed by atoms with Gasteiger partial charge in [-0.05, 0) is 24.0 Å². The van der Waals surface area contributed by atoms with Crippen molar-refractivity contribution in [2.24, 2.45) is 5.92 Å². The van der Waals surface area contributed by atoms with Gasteiger partial charge in [-0.15, -0.1) is 0 Å². The van der Waals surface area contributed by atoms with Gasteiger partial charge in [0.15, 0.2) is 0 Å². The number of hydrogen-bond donors (Lipinski definition) is 1. The van der Waals surface area contributed by atoms with Crippen LogP contribution >= 0.6 is 11.6 Å². The molecule has 13 heavy (non-hydrogen) atoms. The Morgan fingerprint density at radius 2 is 2.46 bits per heavy atom. The molecule has 1 aromatic rings. The van der Waals surface area contributed by atoms with Crippen LogP contribution < -0.4 is 0 Å². The molecule has 0 aliphatic heterocycles. The number of aliphatic carboxylic acids is 1. The Bertz CT molecular complexity index is 353. The lowest BCUT2D eigenvalue weighted by Crippen LogP contribution is -1.99. The van der Waals surface area contributed by atoms with Crippen LogP contribution in [0.1, 0.15) is 17.9 Å². The highest BCUT2D eigenvalue weighted by atomic mass is 35.5. The van der Waals surface area contributed by atoms with Crippen molar-refractivity contribution in [1.82, 2.24) is 4.98 Å². The number of carboxylic acids is 1. The molecule has 0 radical (unpaired) electrons. The van der Waals surface area contributed by atoms with Crippen LogP contribution in [0.4, 0.5) is 0 Å². The topological polar surface area (TPSA) is 50.2 Å². The molecule has 0 aromatic carbocycles. The van der Waals surface area contributed by atoms with Crippen LogP contribution in [0.15, 0.2) is 18.5 Å². The average Bonchev–Trinajstić information content (AvgIpc) is 2.84. The normalized spacial score (nSPS) is 25.6. The van der Waals surface area contributed by atoms with E-state index >= 15 is 0 Å². The fraction of sp³-hybridized carbons (Fsp3) is 0.333. The Hall–Kier alpha value is -1.09. The number of rotatable bonds is 2. The summed E-state index contributed by atoms with van der Waals surface area (Å²) in [5.74, 6) is -0.897. The molecule has 0 unspecified atom stereocenters. The Kier molecular flexibility index (Phi) is 1.96. The monoisotopic (exact) mass is 197 g/mol. The van der Waals surface area contributed by atoms with E-state index < -0.39 is 5.97 Å². The number of pyridine rings is 1. The number of hydrogen-bond acceptors (Lipinski definition) is 2. The fourth-order valence-electron chi connectivity index (χ4n) is 1.50. The largest absolute Gasteiger partial charge is 0.481 e. The van der Waals surface area contributed by atoms with Gasteiger partial charge in [-0.2, -0.15) is 0 Å². The molecule has 2 rings (SSSR count). The van der Waals surface area contributed by atoms with Gasteiger partial charge in [0.2, 0.25) is 0 Å². The van der Waals surface area contributed by atoms with Gasteiger partial charge >= 0.3 is 5.97 Å². The van der Waals surface area contributed by atoms with Crippen LogP contribution in [-0.4, -0.2) is 16.1 Å². The third-order valence-electron chi connectivity index (χ3n) is 2.31. The lowest BCUT2D eigenvalue weighted by atomic mass is 10.1. The zero-order chi connectivity index (χ0) is 9.42. The summed E-state index contributed by atoms with van der Waals surface area (Å²) in [6.45, 7) is 0. The smallest absolute Gasteiger partial charge is 0.307 e. The minimum absolute atomic E-state index is 0.0907. The van der Waals surface area contributed by atoms with Crippen molar-refractivity contribution in [1.29, 1.82) is 0 Å². The van der Waals surface area contributed by atoms with Gasteiger partial charge in [0.25, 0.3) is 0 Å². The predicted molar refractivity (Wildman–Crippen MR) is 47.7 cm³/mol. The Balaban J connectivity index is 2.21. The summed E-state index contributed by atoms with van der Waals surface area (Å²) in [7, 11) is 0. The van der Waals surface area contributed by atoms with Crippen molar-refractivity contribution in [3.63, 3.8) is 0 Å². The molecule has 1 aliphatic carbocycles. The van der Waals surface area contributed by atoms with Crippen molar-refractivity contribution in [2.75, 3.05) is 0 Å². The van der Waals surface area contributed by atoms with Gasteiger partial charge in [0, 0.05) is 12.4 Å². The second-order valence-corrected chi connectivity index (χ2v) is 3.59. The molecule has 68 valence electrons. The van der Waals surface area contributed by atoms with E-state index in [4.69, 9.17) is 16.7 Å². The highest BCUT2D eigenvalue weighted by Gasteiger charge is 2.44. The Morgan fingerprint density at radius 3 is 3.00 bits per heavy atom. The summed E-state index contributed by atoms with van der Waals surface area (Å²) in [6.07, 6.45) is 3.88. The summed E-state index contributed by atoms with van der Waals surface area (Å²) in [5, 5.41) is 9.28. The van der Waals surface area contributed by atoms with Crippen molar-refractivity contribution in [3.8, 4) is 0 Å². The summed E-state index contributed by atoms with van der Waals surface area (Å²) in [5.41, 5.74) is 0.907. The van der Waals surface area contributed by atoms with Crippen LogP contribution in [-0.2, 0) is 4.79 Å². The summed E-state index contributed by atoms with van der Waals surface area (Å²) in [6, 6.07) is 1.79. The van der Waals surface area contributed by atoms with Crippen molar-refractivity contribution in [2.45, 2.75) is 12.3 Å². The Morgan fingerprint density at radius 1 is 1.69 bits per heavy atom. The quantitative estimate of drug-likeness (QED) is 0.788. The van der Waals surface area contributed by atoms with Gasteiger partial charge in [0.05, 0.1) is 10.9 Å². The van der Waals surface area contributed by atoms with Crippen LogP contribution in [0.3, 0.4) is 0 Å². The molecule has 1 saturated carbocycles. The molecule has 0 spiro atoms. The molecular weight excluding hydrogens is 190 g/mol. The maximum Gasteiger partial charge on any atom is 0.307 e. The molecule has 0 bridgehead atoms. The molecule has 1 heterocycles. The van der Waals surface area contributed by atoms with E-state index in [1.54, 1.807) is 18.5 Å². The first-order valence-electron chi connectivity index (χ1n) is 4.02. The summed E-state index contributed by atoms with van der Waals surface area (Å²) >= 11 is 5.87. The standard InChI is InChI=1S/C9H8ClNO2/c10-8-4-11-2-1-5(8)6-3-7(6)9(12)13/h1-2,4,6-7H,3H2,(H,12,13)/t6-,7+/m0/s1. The first kappa shape index (κ1) is 8.51. The van der Waals surface area contributed by atoms with E-state index in [2.05, 4.69) is 4.98 Å². The maximum absolute atomic E-state index is 10.6. The minimum Gasteiger partial charge on any atom is -0.481 e. The van der Waals surface area contributed by atoms with E-state index in [0.29, 0.717) is 11.4 Å². The van der Waals surface area contributed by atoms with Gasteiger partial charge < -0.3 is 5.11 Å². The maximum atomic E-state index is 10.6. The van der Waals surface area contributed by atoms with E-state index in [-0.39, 0.29) is 11.8 Å². The van der Waals surface area contributed by atoms with Crippen LogP contribution in [0.2, 0.25) is 5.02 Å². The van der Waals surface area contributed by atoms with Gasteiger partial charge in [-0.25, -0.2) is 0 Å². The van der Waals surface area contributed by atoms with Crippen molar-refractivity contribution >= 4 is 17.6 Å². The molecule has 1 fully saturated rings. The summed E-state index contributed by atoms with van der Waals surface area (Å²) in [4.78, 5) is 14.4. The molecule has 0 amide bonds. The SMILES string of the molecule is O=C(O)[C@@H]1C[C@H]1c1ccncc1Cl. The number of aromatic nitrogens is 1. The molecule has 0 saturated heterocycles. The first-order chi connectivity index (χ1) is 6.20.